The van der Waals surface area contributed by atoms with Crippen LogP contribution in [0, 0.1) is 5.92 Å². The van der Waals surface area contributed by atoms with Gasteiger partial charge >= 0.3 is 0 Å². The molecular formula is C14H28N4. The second kappa shape index (κ2) is 8.25. The molecule has 1 atom stereocenters. The van der Waals surface area contributed by atoms with Gasteiger partial charge in [0.1, 0.15) is 12.2 Å². The van der Waals surface area contributed by atoms with E-state index in [2.05, 4.69) is 43.1 Å². The predicted octanol–water partition coefficient (Wildman–Crippen LogP) is 2.64. The summed E-state index contributed by atoms with van der Waals surface area (Å²) in [6, 6.07) is 0.599. The van der Waals surface area contributed by atoms with Crippen molar-refractivity contribution in [3.8, 4) is 0 Å². The number of nitrogens with zero attached hydrogens (tertiary/aromatic N) is 3. The number of aryl methyl sites for hydroxylation is 2. The quantitative estimate of drug-likeness (QED) is 0.734. The van der Waals surface area contributed by atoms with Crippen molar-refractivity contribution in [2.45, 2.75) is 66.0 Å². The van der Waals surface area contributed by atoms with Crippen molar-refractivity contribution in [1.82, 2.24) is 20.1 Å². The van der Waals surface area contributed by atoms with E-state index in [1.165, 1.54) is 6.42 Å². The average Bonchev–Trinajstić information content (AvgIpc) is 2.74. The highest BCUT2D eigenvalue weighted by molar-refractivity contribution is 4.86. The van der Waals surface area contributed by atoms with Crippen LogP contribution in [0.15, 0.2) is 6.33 Å². The third-order valence-corrected chi connectivity index (χ3v) is 3.10. The minimum atomic E-state index is 0.599. The summed E-state index contributed by atoms with van der Waals surface area (Å²) in [5, 5.41) is 7.85. The highest BCUT2D eigenvalue weighted by Crippen LogP contribution is 2.11. The van der Waals surface area contributed by atoms with Crippen LogP contribution in [0.5, 0.6) is 0 Å². The summed E-state index contributed by atoms with van der Waals surface area (Å²) >= 11 is 0. The first kappa shape index (κ1) is 15.2. The molecule has 0 fully saturated rings. The van der Waals surface area contributed by atoms with Crippen LogP contribution in [-0.2, 0) is 13.0 Å². The molecule has 1 unspecified atom stereocenters. The zero-order valence-electron chi connectivity index (χ0n) is 12.3. The van der Waals surface area contributed by atoms with Crippen molar-refractivity contribution in [3.05, 3.63) is 12.2 Å². The van der Waals surface area contributed by atoms with Gasteiger partial charge in [-0.2, -0.15) is 5.10 Å². The maximum Gasteiger partial charge on any atom is 0.138 e. The number of aromatic nitrogens is 3. The highest BCUT2D eigenvalue weighted by atomic mass is 15.3. The third-order valence-electron chi connectivity index (χ3n) is 3.10. The first-order valence-corrected chi connectivity index (χ1v) is 7.27. The fraction of sp³-hybridized carbons (Fsp3) is 0.857. The van der Waals surface area contributed by atoms with E-state index in [-0.39, 0.29) is 0 Å². The zero-order chi connectivity index (χ0) is 13.4. The van der Waals surface area contributed by atoms with Gasteiger partial charge in [0, 0.05) is 19.0 Å². The molecule has 0 aliphatic carbocycles. The van der Waals surface area contributed by atoms with E-state index < -0.39 is 0 Å². The lowest BCUT2D eigenvalue weighted by Crippen LogP contribution is -2.31. The molecule has 1 N–H and O–H groups in total. The van der Waals surface area contributed by atoms with Crippen LogP contribution >= 0.6 is 0 Å². The van der Waals surface area contributed by atoms with E-state index >= 15 is 0 Å². The Morgan fingerprint density at radius 3 is 2.72 bits per heavy atom. The maximum absolute atomic E-state index is 4.37. The lowest BCUT2D eigenvalue weighted by atomic mass is 9.99. The van der Waals surface area contributed by atoms with Crippen LogP contribution in [0.2, 0.25) is 0 Å². The van der Waals surface area contributed by atoms with Gasteiger partial charge in [0.05, 0.1) is 0 Å². The standard InChI is InChI=1S/C14H28N4/c1-5-9-18-14(16-11-17-18)8-7-13(15-6-2)10-12(3)4/h11-13,15H,5-10H2,1-4H3. The van der Waals surface area contributed by atoms with Crippen molar-refractivity contribution < 1.29 is 0 Å². The molecule has 0 bridgehead atoms. The van der Waals surface area contributed by atoms with Crippen molar-refractivity contribution >= 4 is 0 Å². The molecule has 0 aromatic carbocycles. The monoisotopic (exact) mass is 252 g/mol. The Morgan fingerprint density at radius 1 is 1.33 bits per heavy atom. The smallest absolute Gasteiger partial charge is 0.138 e. The van der Waals surface area contributed by atoms with E-state index in [0.717, 1.165) is 44.1 Å². The Balaban J connectivity index is 2.47. The van der Waals surface area contributed by atoms with Gasteiger partial charge < -0.3 is 5.32 Å². The predicted molar refractivity (Wildman–Crippen MR) is 75.6 cm³/mol. The summed E-state index contributed by atoms with van der Waals surface area (Å²) < 4.78 is 2.04. The average molecular weight is 252 g/mol. The Bertz CT molecular complexity index is 319. The van der Waals surface area contributed by atoms with E-state index in [1.54, 1.807) is 6.33 Å². The summed E-state index contributed by atoms with van der Waals surface area (Å²) in [6.07, 6.45) is 6.18. The molecule has 0 spiro atoms. The normalized spacial score (nSPS) is 13.2. The van der Waals surface area contributed by atoms with Gasteiger partial charge in [-0.25, -0.2) is 4.98 Å². The SMILES string of the molecule is CCCn1ncnc1CCC(CC(C)C)NCC. The molecule has 104 valence electrons. The van der Waals surface area contributed by atoms with Gasteiger partial charge in [-0.05, 0) is 31.7 Å². The Morgan fingerprint density at radius 2 is 2.11 bits per heavy atom. The van der Waals surface area contributed by atoms with Gasteiger partial charge in [-0.3, -0.25) is 4.68 Å². The van der Waals surface area contributed by atoms with E-state index in [0.29, 0.717) is 6.04 Å². The highest BCUT2D eigenvalue weighted by Gasteiger charge is 2.12. The number of hydrogen-bond donors (Lipinski definition) is 1. The molecule has 0 saturated carbocycles. The fourth-order valence-electron chi connectivity index (χ4n) is 2.34. The second-order valence-electron chi connectivity index (χ2n) is 5.32. The minimum absolute atomic E-state index is 0.599. The van der Waals surface area contributed by atoms with E-state index in [4.69, 9.17) is 0 Å². The Labute approximate surface area is 111 Å². The minimum Gasteiger partial charge on any atom is -0.314 e. The van der Waals surface area contributed by atoms with Crippen molar-refractivity contribution in [1.29, 1.82) is 0 Å². The molecular weight excluding hydrogens is 224 g/mol. The van der Waals surface area contributed by atoms with Crippen molar-refractivity contribution in [2.24, 2.45) is 5.92 Å². The van der Waals surface area contributed by atoms with Crippen LogP contribution in [0.1, 0.15) is 52.8 Å². The lowest BCUT2D eigenvalue weighted by molar-refractivity contribution is 0.399. The molecule has 1 aromatic rings. The molecule has 0 amide bonds. The number of nitrogens with one attached hydrogen (secondary N) is 1. The van der Waals surface area contributed by atoms with Crippen LogP contribution < -0.4 is 5.32 Å². The molecule has 0 saturated heterocycles. The molecule has 4 nitrogen and oxygen atoms in total. The Hall–Kier alpha value is -0.900. The first-order chi connectivity index (χ1) is 8.67. The number of hydrogen-bond acceptors (Lipinski definition) is 3. The molecule has 0 radical (unpaired) electrons. The molecule has 18 heavy (non-hydrogen) atoms. The van der Waals surface area contributed by atoms with Gasteiger partial charge in [-0.15, -0.1) is 0 Å². The zero-order valence-corrected chi connectivity index (χ0v) is 12.3. The lowest BCUT2D eigenvalue weighted by Gasteiger charge is -2.19. The molecule has 0 aliphatic rings. The summed E-state index contributed by atoms with van der Waals surface area (Å²) in [4.78, 5) is 4.37. The molecule has 4 heteroatoms. The summed E-state index contributed by atoms with van der Waals surface area (Å²) in [7, 11) is 0. The topological polar surface area (TPSA) is 42.7 Å². The largest absolute Gasteiger partial charge is 0.314 e. The summed E-state index contributed by atoms with van der Waals surface area (Å²) in [6.45, 7) is 10.9. The third kappa shape index (κ3) is 5.17. The van der Waals surface area contributed by atoms with Gasteiger partial charge in [-0.1, -0.05) is 27.7 Å². The van der Waals surface area contributed by atoms with Crippen molar-refractivity contribution in [3.63, 3.8) is 0 Å². The molecule has 1 rings (SSSR count). The number of rotatable bonds is 9. The van der Waals surface area contributed by atoms with Crippen LogP contribution in [0.3, 0.4) is 0 Å². The summed E-state index contributed by atoms with van der Waals surface area (Å²) in [5.74, 6) is 1.87. The van der Waals surface area contributed by atoms with E-state index in [9.17, 15) is 0 Å². The van der Waals surface area contributed by atoms with Gasteiger partial charge in [0.15, 0.2) is 0 Å². The van der Waals surface area contributed by atoms with Crippen molar-refractivity contribution in [2.75, 3.05) is 6.54 Å². The molecule has 1 heterocycles. The van der Waals surface area contributed by atoms with E-state index in [1.807, 2.05) is 4.68 Å². The van der Waals surface area contributed by atoms with Gasteiger partial charge in [0.2, 0.25) is 0 Å². The summed E-state index contributed by atoms with van der Waals surface area (Å²) in [5.41, 5.74) is 0. The van der Waals surface area contributed by atoms with Crippen LogP contribution in [0.4, 0.5) is 0 Å². The first-order valence-electron chi connectivity index (χ1n) is 7.27. The second-order valence-corrected chi connectivity index (χ2v) is 5.32. The molecule has 1 aromatic heterocycles. The van der Waals surface area contributed by atoms with Crippen LogP contribution in [0.25, 0.3) is 0 Å². The Kier molecular flexibility index (Phi) is 6.94. The maximum atomic E-state index is 4.37. The van der Waals surface area contributed by atoms with Gasteiger partial charge in [0.25, 0.3) is 0 Å². The fourth-order valence-corrected chi connectivity index (χ4v) is 2.34. The van der Waals surface area contributed by atoms with Crippen LogP contribution in [-0.4, -0.2) is 27.4 Å². The molecule has 0 aliphatic heterocycles.